The summed E-state index contributed by atoms with van der Waals surface area (Å²) in [5.41, 5.74) is 1.77. The Kier molecular flexibility index (Phi) is 12.7. The molecule has 6 heteroatoms. The van der Waals surface area contributed by atoms with Crippen LogP contribution in [0, 0.1) is 29.1 Å². The van der Waals surface area contributed by atoms with Crippen LogP contribution in [0.4, 0.5) is 0 Å². The monoisotopic (exact) mass is 588 g/mol. The lowest BCUT2D eigenvalue weighted by molar-refractivity contribution is -0.135. The molecular weight excluding hydrogens is 536 g/mol. The van der Waals surface area contributed by atoms with Gasteiger partial charge >= 0.3 is 0 Å². The fraction of sp³-hybridized carbons (Fsp3) is 0.568. The Hall–Kier alpha value is -3.28. The number of ketones is 2. The highest BCUT2D eigenvalue weighted by atomic mass is 16.2. The third kappa shape index (κ3) is 11.1. The van der Waals surface area contributed by atoms with Crippen LogP contribution in [0.2, 0.25) is 0 Å². The molecule has 2 amide bonds. The second-order valence-corrected chi connectivity index (χ2v) is 13.8. The van der Waals surface area contributed by atoms with Crippen molar-refractivity contribution in [3.05, 3.63) is 71.8 Å². The van der Waals surface area contributed by atoms with Crippen LogP contribution in [0.5, 0.6) is 0 Å². The molecule has 1 fully saturated rings. The first kappa shape index (κ1) is 34.2. The fourth-order valence-electron chi connectivity index (χ4n) is 5.60. The minimum absolute atomic E-state index is 0.00333. The van der Waals surface area contributed by atoms with Gasteiger partial charge in [0.25, 0.3) is 0 Å². The van der Waals surface area contributed by atoms with Gasteiger partial charge in [0.05, 0.1) is 12.1 Å². The summed E-state index contributed by atoms with van der Waals surface area (Å²) in [4.78, 5) is 54.2. The highest BCUT2D eigenvalue weighted by Gasteiger charge is 2.48. The molecule has 1 saturated carbocycles. The second kappa shape index (κ2) is 16.0. The van der Waals surface area contributed by atoms with E-state index in [-0.39, 0.29) is 53.0 Å². The fourth-order valence-corrected chi connectivity index (χ4v) is 5.60. The number of amides is 2. The smallest absolute Gasteiger partial charge is 0.224 e. The maximum Gasteiger partial charge on any atom is 0.224 e. The Morgan fingerprint density at radius 1 is 0.721 bits per heavy atom. The van der Waals surface area contributed by atoms with Crippen molar-refractivity contribution >= 4 is 23.4 Å². The van der Waals surface area contributed by atoms with Crippen LogP contribution in [-0.2, 0) is 32.0 Å². The van der Waals surface area contributed by atoms with Gasteiger partial charge in [0.2, 0.25) is 11.8 Å². The summed E-state index contributed by atoms with van der Waals surface area (Å²) in [6.45, 7) is 12.0. The van der Waals surface area contributed by atoms with Crippen molar-refractivity contribution in [1.82, 2.24) is 10.6 Å². The summed E-state index contributed by atoms with van der Waals surface area (Å²) in [6, 6.07) is 18.5. The van der Waals surface area contributed by atoms with Gasteiger partial charge in [-0.3, -0.25) is 19.2 Å². The topological polar surface area (TPSA) is 92.3 Å². The predicted molar refractivity (Wildman–Crippen MR) is 172 cm³/mol. The van der Waals surface area contributed by atoms with E-state index in [4.69, 9.17) is 0 Å². The number of hydrogen-bond donors (Lipinski definition) is 2. The van der Waals surface area contributed by atoms with Gasteiger partial charge in [-0.1, -0.05) is 102 Å². The van der Waals surface area contributed by atoms with Crippen molar-refractivity contribution < 1.29 is 19.2 Å². The SMILES string of the molecule is CC(C)CC(NC(=O)[C@@H](CC(=O)[C@H](CC(C)C)NC(=O)[C@@H](C)CCc1ccccc1)Cc1ccccc1)C(=O)C1(C)CC1. The van der Waals surface area contributed by atoms with Crippen molar-refractivity contribution in [1.29, 1.82) is 0 Å². The van der Waals surface area contributed by atoms with Crippen molar-refractivity contribution in [2.75, 3.05) is 0 Å². The Morgan fingerprint density at radius 3 is 1.77 bits per heavy atom. The summed E-state index contributed by atoms with van der Waals surface area (Å²) >= 11 is 0. The van der Waals surface area contributed by atoms with E-state index in [1.807, 2.05) is 90.1 Å². The molecule has 0 aliphatic heterocycles. The first-order valence-electron chi connectivity index (χ1n) is 16.1. The summed E-state index contributed by atoms with van der Waals surface area (Å²) in [5.74, 6) is -0.944. The van der Waals surface area contributed by atoms with E-state index >= 15 is 0 Å². The van der Waals surface area contributed by atoms with Crippen molar-refractivity contribution in [3.8, 4) is 0 Å². The second-order valence-electron chi connectivity index (χ2n) is 13.8. The van der Waals surface area contributed by atoms with Crippen molar-refractivity contribution in [2.24, 2.45) is 29.1 Å². The van der Waals surface area contributed by atoms with Crippen LogP contribution < -0.4 is 10.6 Å². The zero-order valence-electron chi connectivity index (χ0n) is 27.0. The van der Waals surface area contributed by atoms with E-state index in [2.05, 4.69) is 22.8 Å². The molecule has 0 aromatic heterocycles. The molecule has 2 N–H and O–H groups in total. The Bertz CT molecular complexity index is 1200. The van der Waals surface area contributed by atoms with Gasteiger partial charge in [0.1, 0.15) is 0 Å². The Labute approximate surface area is 258 Å². The van der Waals surface area contributed by atoms with Crippen LogP contribution in [0.25, 0.3) is 0 Å². The van der Waals surface area contributed by atoms with E-state index in [9.17, 15) is 19.2 Å². The largest absolute Gasteiger partial charge is 0.346 e. The van der Waals surface area contributed by atoms with E-state index in [0.717, 1.165) is 24.8 Å². The number of Topliss-reactive ketones (excluding diaryl/α,β-unsaturated/α-hetero) is 2. The maximum atomic E-state index is 13.8. The molecule has 0 radical (unpaired) electrons. The summed E-state index contributed by atoms with van der Waals surface area (Å²) < 4.78 is 0. The van der Waals surface area contributed by atoms with Crippen LogP contribution in [0.3, 0.4) is 0 Å². The average Bonchev–Trinajstić information content (AvgIpc) is 3.73. The average molecular weight is 589 g/mol. The van der Waals surface area contributed by atoms with E-state index < -0.39 is 18.0 Å². The van der Waals surface area contributed by atoms with Gasteiger partial charge in [0, 0.05) is 23.7 Å². The molecular formula is C37H52N2O4. The van der Waals surface area contributed by atoms with E-state index in [1.54, 1.807) is 0 Å². The van der Waals surface area contributed by atoms with Crippen molar-refractivity contribution in [2.45, 2.75) is 105 Å². The van der Waals surface area contributed by atoms with Gasteiger partial charge in [-0.2, -0.15) is 0 Å². The number of aryl methyl sites for hydroxylation is 1. The van der Waals surface area contributed by atoms with Gasteiger partial charge in [0.15, 0.2) is 11.6 Å². The highest BCUT2D eigenvalue weighted by Crippen LogP contribution is 2.47. The van der Waals surface area contributed by atoms with E-state index in [1.165, 1.54) is 5.56 Å². The zero-order chi connectivity index (χ0) is 31.6. The summed E-state index contributed by atoms with van der Waals surface area (Å²) in [6.07, 6.45) is 4.62. The predicted octanol–water partition coefficient (Wildman–Crippen LogP) is 6.50. The third-order valence-electron chi connectivity index (χ3n) is 8.65. The number of hydrogen-bond acceptors (Lipinski definition) is 4. The minimum atomic E-state index is -0.670. The molecule has 0 spiro atoms. The summed E-state index contributed by atoms with van der Waals surface area (Å²) in [7, 11) is 0. The van der Waals surface area contributed by atoms with Gasteiger partial charge in [-0.15, -0.1) is 0 Å². The molecule has 43 heavy (non-hydrogen) atoms. The molecule has 3 rings (SSSR count). The molecule has 1 unspecified atom stereocenters. The molecule has 234 valence electrons. The van der Waals surface area contributed by atoms with Gasteiger partial charge in [-0.05, 0) is 67.9 Å². The zero-order valence-corrected chi connectivity index (χ0v) is 27.0. The van der Waals surface area contributed by atoms with Crippen LogP contribution in [-0.4, -0.2) is 35.5 Å². The molecule has 1 aliphatic carbocycles. The van der Waals surface area contributed by atoms with Crippen LogP contribution >= 0.6 is 0 Å². The highest BCUT2D eigenvalue weighted by molar-refractivity contribution is 5.97. The molecule has 0 saturated heterocycles. The Morgan fingerprint density at radius 2 is 1.23 bits per heavy atom. The lowest BCUT2D eigenvalue weighted by Gasteiger charge is -2.27. The van der Waals surface area contributed by atoms with Gasteiger partial charge in [-0.25, -0.2) is 0 Å². The molecule has 2 aromatic carbocycles. The lowest BCUT2D eigenvalue weighted by Crippen LogP contribution is -2.49. The third-order valence-corrected chi connectivity index (χ3v) is 8.65. The van der Waals surface area contributed by atoms with Gasteiger partial charge < -0.3 is 10.6 Å². The number of benzene rings is 2. The minimum Gasteiger partial charge on any atom is -0.346 e. The number of rotatable bonds is 18. The first-order valence-corrected chi connectivity index (χ1v) is 16.1. The number of nitrogens with one attached hydrogen (secondary N) is 2. The standard InChI is InChI=1S/C37H52N2O4/c1-25(2)21-31(38-35(42)27(5)17-18-28-13-9-7-10-14-28)33(40)24-30(23-29-15-11-8-12-16-29)36(43)39-32(22-26(3)4)34(41)37(6)19-20-37/h7-16,25-27,30-32H,17-24H2,1-6H3,(H,38,42)(H,39,43)/t27-,30+,31-,32?/m0/s1. The quantitative estimate of drug-likeness (QED) is 0.208. The Balaban J connectivity index is 1.74. The number of carbonyl (C=O) groups excluding carboxylic acids is 4. The van der Waals surface area contributed by atoms with Crippen LogP contribution in [0.1, 0.15) is 91.2 Å². The van der Waals surface area contributed by atoms with Crippen LogP contribution in [0.15, 0.2) is 60.7 Å². The number of carbonyl (C=O) groups is 4. The molecule has 6 nitrogen and oxygen atoms in total. The molecule has 4 atom stereocenters. The molecule has 0 heterocycles. The molecule has 0 bridgehead atoms. The first-order chi connectivity index (χ1) is 20.4. The van der Waals surface area contributed by atoms with Crippen molar-refractivity contribution in [3.63, 3.8) is 0 Å². The maximum absolute atomic E-state index is 13.8. The normalized spacial score (nSPS) is 16.7. The summed E-state index contributed by atoms with van der Waals surface area (Å²) in [5, 5.41) is 6.09. The lowest BCUT2D eigenvalue weighted by atomic mass is 9.87. The van der Waals surface area contributed by atoms with E-state index in [0.29, 0.717) is 25.7 Å². The molecule has 1 aliphatic rings. The molecule has 2 aromatic rings.